The van der Waals surface area contributed by atoms with Gasteiger partial charge in [0, 0.05) is 18.7 Å². The highest BCUT2D eigenvalue weighted by atomic mass is 16.5. The van der Waals surface area contributed by atoms with Crippen LogP contribution < -0.4 is 10.1 Å². The maximum Gasteiger partial charge on any atom is 0.342 e. The Hall–Kier alpha value is -3.54. The second kappa shape index (κ2) is 12.8. The largest absolute Gasteiger partial charge is 0.504 e. The molecule has 0 unspecified atom stereocenters. The van der Waals surface area contributed by atoms with Crippen molar-refractivity contribution in [2.75, 3.05) is 19.0 Å². The van der Waals surface area contributed by atoms with Gasteiger partial charge in [-0.25, -0.2) is 4.79 Å². The molecule has 1 aromatic rings. The molecule has 0 saturated carbocycles. The molecule has 1 aliphatic carbocycles. The lowest BCUT2D eigenvalue weighted by Crippen LogP contribution is -2.16. The van der Waals surface area contributed by atoms with Crippen molar-refractivity contribution < 1.29 is 24.2 Å². The van der Waals surface area contributed by atoms with E-state index in [1.165, 1.54) is 44.6 Å². The number of hydrogen-bond donors (Lipinski definition) is 2. The molecule has 0 radical (unpaired) electrons. The number of nitrogens with one attached hydrogen (secondary N) is 1. The predicted octanol–water partition coefficient (Wildman–Crippen LogP) is 6.66. The van der Waals surface area contributed by atoms with Crippen LogP contribution in [0, 0.1) is 5.41 Å². The molecule has 0 heterocycles. The number of carbonyl (C=O) groups excluding carboxylic acids is 2. The lowest BCUT2D eigenvalue weighted by Gasteiger charge is -2.30. The maximum atomic E-state index is 12.5. The van der Waals surface area contributed by atoms with Crippen molar-refractivity contribution in [1.29, 1.82) is 0 Å². The summed E-state index contributed by atoms with van der Waals surface area (Å²) >= 11 is 0. The number of anilines is 1. The zero-order valence-corrected chi connectivity index (χ0v) is 21.6. The van der Waals surface area contributed by atoms with E-state index in [0.29, 0.717) is 5.69 Å². The normalized spacial score (nSPS) is 16.3. The number of carbonyl (C=O) groups is 2. The Morgan fingerprint density at radius 1 is 1.14 bits per heavy atom. The first-order valence-corrected chi connectivity index (χ1v) is 11.8. The fraction of sp³-hybridized carbons (Fsp3) is 0.379. The van der Waals surface area contributed by atoms with E-state index < -0.39 is 5.97 Å². The molecule has 35 heavy (non-hydrogen) atoms. The van der Waals surface area contributed by atoms with Crippen molar-refractivity contribution in [2.45, 2.75) is 53.9 Å². The number of phenols is 1. The highest BCUT2D eigenvalue weighted by Crippen LogP contribution is 2.37. The van der Waals surface area contributed by atoms with Crippen LogP contribution in [0.25, 0.3) is 0 Å². The van der Waals surface area contributed by atoms with Crippen molar-refractivity contribution in [1.82, 2.24) is 0 Å². The first-order valence-electron chi connectivity index (χ1n) is 11.8. The van der Waals surface area contributed by atoms with Gasteiger partial charge in [0.15, 0.2) is 11.5 Å². The summed E-state index contributed by atoms with van der Waals surface area (Å²) < 4.78 is 10.4. The van der Waals surface area contributed by atoms with Crippen molar-refractivity contribution in [3.63, 3.8) is 0 Å². The SMILES string of the molecule is COc1cc(NC(C)=O)cc(C(=O)OC/C=C(C)/C=C/C=C(C)/C=C/C2=CCCCC2(C)C)c1O. The summed E-state index contributed by atoms with van der Waals surface area (Å²) in [5.41, 5.74) is 3.94. The Bertz CT molecular complexity index is 1090. The average Bonchev–Trinajstić information content (AvgIpc) is 2.78. The fourth-order valence-electron chi connectivity index (χ4n) is 3.73. The maximum absolute atomic E-state index is 12.5. The number of ether oxygens (including phenoxy) is 2. The van der Waals surface area contributed by atoms with Crippen LogP contribution >= 0.6 is 0 Å². The number of rotatable bonds is 9. The van der Waals surface area contributed by atoms with E-state index >= 15 is 0 Å². The van der Waals surface area contributed by atoms with Gasteiger partial charge in [0.2, 0.25) is 5.91 Å². The number of amides is 1. The minimum Gasteiger partial charge on any atom is -0.504 e. The van der Waals surface area contributed by atoms with Crippen LogP contribution in [-0.4, -0.2) is 30.7 Å². The van der Waals surface area contributed by atoms with Crippen LogP contribution in [-0.2, 0) is 9.53 Å². The molecule has 0 spiro atoms. The molecule has 6 heteroatoms. The van der Waals surface area contributed by atoms with E-state index in [9.17, 15) is 14.7 Å². The van der Waals surface area contributed by atoms with Crippen LogP contribution in [0.15, 0.2) is 71.4 Å². The minimum absolute atomic E-state index is 0.0347. The number of esters is 1. The second-order valence-electron chi connectivity index (χ2n) is 9.34. The highest BCUT2D eigenvalue weighted by molar-refractivity contribution is 5.97. The van der Waals surface area contributed by atoms with Gasteiger partial charge in [-0.2, -0.15) is 0 Å². The van der Waals surface area contributed by atoms with Gasteiger partial charge in [-0.15, -0.1) is 0 Å². The number of phenolic OH excluding ortho intramolecular Hbond substituents is 1. The van der Waals surface area contributed by atoms with E-state index in [4.69, 9.17) is 9.47 Å². The van der Waals surface area contributed by atoms with Gasteiger partial charge >= 0.3 is 5.97 Å². The van der Waals surface area contributed by atoms with Crippen LogP contribution in [0.3, 0.4) is 0 Å². The van der Waals surface area contributed by atoms with E-state index in [2.05, 4.69) is 44.3 Å². The van der Waals surface area contributed by atoms with Crippen LogP contribution in [0.1, 0.15) is 64.2 Å². The molecule has 1 amide bonds. The molecule has 0 bridgehead atoms. The molecule has 1 aliphatic rings. The van der Waals surface area contributed by atoms with Gasteiger partial charge in [-0.1, -0.05) is 61.4 Å². The Balaban J connectivity index is 1.96. The topological polar surface area (TPSA) is 84.9 Å². The average molecular weight is 480 g/mol. The van der Waals surface area contributed by atoms with Gasteiger partial charge in [-0.3, -0.25) is 4.79 Å². The van der Waals surface area contributed by atoms with Crippen molar-refractivity contribution >= 4 is 17.6 Å². The zero-order chi connectivity index (χ0) is 26.0. The number of methoxy groups -OCH3 is 1. The van der Waals surface area contributed by atoms with Crippen LogP contribution in [0.4, 0.5) is 5.69 Å². The lowest BCUT2D eigenvalue weighted by molar-refractivity contribution is -0.114. The molecule has 6 nitrogen and oxygen atoms in total. The lowest BCUT2D eigenvalue weighted by atomic mass is 9.75. The zero-order valence-electron chi connectivity index (χ0n) is 21.6. The summed E-state index contributed by atoms with van der Waals surface area (Å²) in [5.74, 6) is -1.30. The first-order chi connectivity index (χ1) is 16.5. The molecule has 0 fully saturated rings. The van der Waals surface area contributed by atoms with Gasteiger partial charge in [0.05, 0.1) is 7.11 Å². The highest BCUT2D eigenvalue weighted by Gasteiger charge is 2.23. The summed E-state index contributed by atoms with van der Waals surface area (Å²) in [6, 6.07) is 2.78. The van der Waals surface area contributed by atoms with Gasteiger partial charge < -0.3 is 19.9 Å². The van der Waals surface area contributed by atoms with Crippen molar-refractivity contribution in [3.05, 3.63) is 76.9 Å². The number of benzene rings is 1. The van der Waals surface area contributed by atoms with Crippen molar-refractivity contribution in [3.8, 4) is 11.5 Å². The molecule has 0 atom stereocenters. The molecule has 2 N–H and O–H groups in total. The quantitative estimate of drug-likeness (QED) is 0.235. The number of allylic oxidation sites excluding steroid dienone is 9. The Kier molecular flexibility index (Phi) is 10.1. The van der Waals surface area contributed by atoms with Crippen LogP contribution in [0.5, 0.6) is 11.5 Å². The van der Waals surface area contributed by atoms with Crippen LogP contribution in [0.2, 0.25) is 0 Å². The second-order valence-corrected chi connectivity index (χ2v) is 9.34. The summed E-state index contributed by atoms with van der Waals surface area (Å²) in [7, 11) is 1.36. The van der Waals surface area contributed by atoms with Gasteiger partial charge in [-0.05, 0) is 56.2 Å². The standard InChI is InChI=1S/C29H37NO5/c1-20(13-14-23-12-7-8-16-29(23,4)5)10-9-11-21(2)15-17-35-28(33)25-18-24(30-22(3)31)19-26(34-6)27(25)32/h9-15,18-19,32H,7-8,16-17H2,1-6H3,(H,30,31)/b11-9+,14-13+,20-10+,21-15+. The fourth-order valence-corrected chi connectivity index (χ4v) is 3.73. The monoisotopic (exact) mass is 479 g/mol. The smallest absolute Gasteiger partial charge is 0.342 e. The third-order valence-electron chi connectivity index (χ3n) is 5.85. The van der Waals surface area contributed by atoms with E-state index in [0.717, 1.165) is 17.6 Å². The Labute approximate surface area is 208 Å². The molecule has 2 rings (SSSR count). The third kappa shape index (κ3) is 8.63. The van der Waals surface area contributed by atoms with E-state index in [1.807, 2.05) is 25.2 Å². The third-order valence-corrected chi connectivity index (χ3v) is 5.85. The molecular formula is C29H37NO5. The van der Waals surface area contributed by atoms with E-state index in [-0.39, 0.29) is 35.0 Å². The van der Waals surface area contributed by atoms with Crippen molar-refractivity contribution in [2.24, 2.45) is 5.41 Å². The van der Waals surface area contributed by atoms with Gasteiger partial charge in [0.25, 0.3) is 0 Å². The number of hydrogen-bond acceptors (Lipinski definition) is 5. The van der Waals surface area contributed by atoms with E-state index in [1.54, 1.807) is 6.08 Å². The Morgan fingerprint density at radius 2 is 1.89 bits per heavy atom. The molecule has 0 aromatic heterocycles. The summed E-state index contributed by atoms with van der Waals surface area (Å²) in [4.78, 5) is 23.8. The molecular weight excluding hydrogens is 442 g/mol. The first kappa shape index (κ1) is 27.7. The van der Waals surface area contributed by atoms with Gasteiger partial charge in [0.1, 0.15) is 12.2 Å². The summed E-state index contributed by atoms with van der Waals surface area (Å²) in [6.45, 7) is 9.94. The molecule has 188 valence electrons. The summed E-state index contributed by atoms with van der Waals surface area (Å²) in [5, 5.41) is 12.8. The summed E-state index contributed by atoms with van der Waals surface area (Å²) in [6.07, 6.45) is 18.0. The predicted molar refractivity (Wildman–Crippen MR) is 141 cm³/mol. The molecule has 0 saturated heterocycles. The minimum atomic E-state index is -0.721. The molecule has 0 aliphatic heterocycles. The molecule has 1 aromatic carbocycles. The number of aromatic hydroxyl groups is 1. The Morgan fingerprint density at radius 3 is 2.54 bits per heavy atom.